The third-order valence-corrected chi connectivity index (χ3v) is 2.95. The fourth-order valence-electron chi connectivity index (χ4n) is 2.02. The summed E-state index contributed by atoms with van der Waals surface area (Å²) in [7, 11) is 2.14. The van der Waals surface area contributed by atoms with Crippen LogP contribution in [0.4, 0.5) is 0 Å². The molecule has 1 fully saturated rings. The highest BCUT2D eigenvalue weighted by Gasteiger charge is 2.18. The Balaban J connectivity index is 2.12. The Morgan fingerprint density at radius 3 is 2.71 bits per heavy atom. The van der Waals surface area contributed by atoms with Gasteiger partial charge in [0.1, 0.15) is 0 Å². The van der Waals surface area contributed by atoms with E-state index in [9.17, 15) is 4.79 Å². The number of nitrogens with zero attached hydrogens (tertiary/aromatic N) is 1. The largest absolute Gasteiger partial charge is 0.326 e. The van der Waals surface area contributed by atoms with Crippen molar-refractivity contribution in [1.82, 2.24) is 9.88 Å². The first-order valence-corrected chi connectivity index (χ1v) is 5.13. The summed E-state index contributed by atoms with van der Waals surface area (Å²) in [6.07, 6.45) is 2.30. The fraction of sp³-hybridized carbons (Fsp3) is 0.545. The molecule has 1 aliphatic rings. The molecule has 3 heteroatoms. The molecule has 0 amide bonds. The van der Waals surface area contributed by atoms with E-state index in [2.05, 4.69) is 16.9 Å². The van der Waals surface area contributed by atoms with Gasteiger partial charge in [-0.05, 0) is 39.0 Å². The quantitative estimate of drug-likeness (QED) is 0.725. The minimum absolute atomic E-state index is 0.0152. The molecule has 1 aromatic heterocycles. The van der Waals surface area contributed by atoms with Crippen LogP contribution < -0.4 is 5.56 Å². The zero-order valence-corrected chi connectivity index (χ0v) is 8.49. The standard InChI is InChI=1S/C11H16N2O/c1-13-7-5-9(6-8-13)10-3-2-4-11(14)12-10/h2-4,9H,5-8H2,1H3,(H,12,14). The van der Waals surface area contributed by atoms with Gasteiger partial charge in [0.15, 0.2) is 0 Å². The van der Waals surface area contributed by atoms with Gasteiger partial charge in [0.25, 0.3) is 0 Å². The van der Waals surface area contributed by atoms with E-state index in [-0.39, 0.29) is 5.56 Å². The van der Waals surface area contributed by atoms with E-state index in [4.69, 9.17) is 0 Å². The molecule has 1 N–H and O–H groups in total. The van der Waals surface area contributed by atoms with Crippen molar-refractivity contribution in [3.63, 3.8) is 0 Å². The van der Waals surface area contributed by atoms with E-state index >= 15 is 0 Å². The molecule has 0 unspecified atom stereocenters. The van der Waals surface area contributed by atoms with Gasteiger partial charge in [-0.2, -0.15) is 0 Å². The van der Waals surface area contributed by atoms with Crippen molar-refractivity contribution >= 4 is 0 Å². The average Bonchev–Trinajstić information content (AvgIpc) is 2.19. The molecule has 0 bridgehead atoms. The van der Waals surface area contributed by atoms with Gasteiger partial charge in [0.05, 0.1) is 0 Å². The topological polar surface area (TPSA) is 36.1 Å². The molecule has 2 heterocycles. The predicted molar refractivity (Wildman–Crippen MR) is 56.5 cm³/mol. The number of pyridine rings is 1. The highest BCUT2D eigenvalue weighted by molar-refractivity contribution is 5.10. The molecule has 0 atom stereocenters. The smallest absolute Gasteiger partial charge is 0.248 e. The van der Waals surface area contributed by atoms with Crippen LogP contribution in [-0.4, -0.2) is 30.0 Å². The summed E-state index contributed by atoms with van der Waals surface area (Å²) < 4.78 is 0. The van der Waals surface area contributed by atoms with Crippen LogP contribution in [0.1, 0.15) is 24.5 Å². The van der Waals surface area contributed by atoms with E-state index in [1.807, 2.05) is 12.1 Å². The number of rotatable bonds is 1. The lowest BCUT2D eigenvalue weighted by Crippen LogP contribution is -2.30. The number of aromatic nitrogens is 1. The zero-order valence-electron chi connectivity index (χ0n) is 8.49. The summed E-state index contributed by atoms with van der Waals surface area (Å²) in [5.74, 6) is 0.542. The highest BCUT2D eigenvalue weighted by atomic mass is 16.1. The van der Waals surface area contributed by atoms with Crippen LogP contribution in [0, 0.1) is 0 Å². The van der Waals surface area contributed by atoms with Gasteiger partial charge in [-0.25, -0.2) is 0 Å². The molecule has 2 rings (SSSR count). The molecule has 76 valence electrons. The summed E-state index contributed by atoms with van der Waals surface area (Å²) in [4.78, 5) is 16.4. The first-order valence-electron chi connectivity index (χ1n) is 5.13. The van der Waals surface area contributed by atoms with Gasteiger partial charge in [-0.3, -0.25) is 4.79 Å². The van der Waals surface area contributed by atoms with Crippen LogP contribution in [0.25, 0.3) is 0 Å². The van der Waals surface area contributed by atoms with Crippen molar-refractivity contribution in [2.45, 2.75) is 18.8 Å². The highest BCUT2D eigenvalue weighted by Crippen LogP contribution is 2.24. The van der Waals surface area contributed by atoms with Crippen molar-refractivity contribution < 1.29 is 0 Å². The molecule has 1 aromatic rings. The first-order chi connectivity index (χ1) is 6.75. The lowest BCUT2D eigenvalue weighted by atomic mass is 9.93. The number of aromatic amines is 1. The Morgan fingerprint density at radius 2 is 2.07 bits per heavy atom. The second-order valence-corrected chi connectivity index (χ2v) is 4.05. The minimum atomic E-state index is 0.0152. The van der Waals surface area contributed by atoms with E-state index < -0.39 is 0 Å². The van der Waals surface area contributed by atoms with Gasteiger partial charge < -0.3 is 9.88 Å². The second-order valence-electron chi connectivity index (χ2n) is 4.05. The summed E-state index contributed by atoms with van der Waals surface area (Å²) >= 11 is 0. The fourth-order valence-corrected chi connectivity index (χ4v) is 2.02. The number of hydrogen-bond donors (Lipinski definition) is 1. The Labute approximate surface area is 83.8 Å². The van der Waals surface area contributed by atoms with Crippen molar-refractivity contribution in [2.24, 2.45) is 0 Å². The average molecular weight is 192 g/mol. The van der Waals surface area contributed by atoms with Crippen molar-refractivity contribution in [3.8, 4) is 0 Å². The molecule has 3 nitrogen and oxygen atoms in total. The predicted octanol–water partition coefficient (Wildman–Crippen LogP) is 1.18. The Bertz CT molecular complexity index is 350. The molecule has 0 aromatic carbocycles. The molecule has 1 aliphatic heterocycles. The first kappa shape index (κ1) is 9.46. The summed E-state index contributed by atoms with van der Waals surface area (Å²) in [5, 5.41) is 0. The number of nitrogens with one attached hydrogen (secondary N) is 1. The van der Waals surface area contributed by atoms with Crippen LogP contribution >= 0.6 is 0 Å². The maximum absolute atomic E-state index is 11.1. The lowest BCUT2D eigenvalue weighted by molar-refractivity contribution is 0.253. The van der Waals surface area contributed by atoms with Crippen LogP contribution in [-0.2, 0) is 0 Å². The van der Waals surface area contributed by atoms with Gasteiger partial charge in [-0.1, -0.05) is 6.07 Å². The molecule has 0 radical (unpaired) electrons. The van der Waals surface area contributed by atoms with Gasteiger partial charge in [-0.15, -0.1) is 0 Å². The minimum Gasteiger partial charge on any atom is -0.326 e. The molecular weight excluding hydrogens is 176 g/mol. The maximum Gasteiger partial charge on any atom is 0.248 e. The van der Waals surface area contributed by atoms with Gasteiger partial charge >= 0.3 is 0 Å². The molecular formula is C11H16N2O. The van der Waals surface area contributed by atoms with Crippen molar-refractivity contribution in [1.29, 1.82) is 0 Å². The van der Waals surface area contributed by atoms with Crippen LogP contribution in [0.2, 0.25) is 0 Å². The molecule has 0 aliphatic carbocycles. The van der Waals surface area contributed by atoms with Gasteiger partial charge in [0, 0.05) is 17.7 Å². The van der Waals surface area contributed by atoms with Crippen molar-refractivity contribution in [3.05, 3.63) is 34.2 Å². The second kappa shape index (κ2) is 3.96. The Morgan fingerprint density at radius 1 is 1.36 bits per heavy atom. The SMILES string of the molecule is CN1CCC(c2cccc(=O)[nH]2)CC1. The summed E-state index contributed by atoms with van der Waals surface area (Å²) in [5.41, 5.74) is 1.12. The Kier molecular flexibility index (Phi) is 2.68. The van der Waals surface area contributed by atoms with E-state index in [1.165, 1.54) is 0 Å². The third-order valence-electron chi connectivity index (χ3n) is 2.95. The summed E-state index contributed by atoms with van der Waals surface area (Å²) in [6.45, 7) is 2.25. The molecule has 14 heavy (non-hydrogen) atoms. The number of hydrogen-bond acceptors (Lipinski definition) is 2. The van der Waals surface area contributed by atoms with Crippen LogP contribution in [0.3, 0.4) is 0 Å². The molecule has 1 saturated heterocycles. The Hall–Kier alpha value is -1.09. The third kappa shape index (κ3) is 2.04. The maximum atomic E-state index is 11.1. The number of H-pyrrole nitrogens is 1. The number of piperidine rings is 1. The van der Waals surface area contributed by atoms with E-state index in [1.54, 1.807) is 6.07 Å². The van der Waals surface area contributed by atoms with E-state index in [0.717, 1.165) is 31.6 Å². The van der Waals surface area contributed by atoms with Gasteiger partial charge in [0.2, 0.25) is 5.56 Å². The normalized spacial score (nSPS) is 19.8. The van der Waals surface area contributed by atoms with E-state index in [0.29, 0.717) is 5.92 Å². The summed E-state index contributed by atoms with van der Waals surface area (Å²) in [6, 6.07) is 5.43. The lowest BCUT2D eigenvalue weighted by Gasteiger charge is -2.28. The number of likely N-dealkylation sites (tertiary alicyclic amines) is 1. The monoisotopic (exact) mass is 192 g/mol. The van der Waals surface area contributed by atoms with Crippen molar-refractivity contribution in [2.75, 3.05) is 20.1 Å². The molecule has 0 spiro atoms. The van der Waals surface area contributed by atoms with Crippen LogP contribution in [0.5, 0.6) is 0 Å². The molecule has 0 saturated carbocycles. The zero-order chi connectivity index (χ0) is 9.97. The van der Waals surface area contributed by atoms with Crippen LogP contribution in [0.15, 0.2) is 23.0 Å².